The summed E-state index contributed by atoms with van der Waals surface area (Å²) < 4.78 is 5.62. The van der Waals surface area contributed by atoms with E-state index in [0.717, 1.165) is 29.8 Å². The van der Waals surface area contributed by atoms with Crippen LogP contribution in [0.25, 0.3) is 11.0 Å². The topological polar surface area (TPSA) is 25.2 Å². The number of fused-ring (bicyclic) bond motifs is 1. The van der Waals surface area contributed by atoms with Crippen LogP contribution in [0, 0.1) is 0 Å². The van der Waals surface area contributed by atoms with Gasteiger partial charge in [0.15, 0.2) is 0 Å². The monoisotopic (exact) mass is 187 g/mol. The van der Waals surface area contributed by atoms with Gasteiger partial charge in [0, 0.05) is 11.9 Å². The summed E-state index contributed by atoms with van der Waals surface area (Å²) >= 11 is 0. The fourth-order valence-electron chi connectivity index (χ4n) is 1.42. The van der Waals surface area contributed by atoms with Gasteiger partial charge in [0.05, 0.1) is 6.54 Å². The fraction of sp³-hybridized carbons (Fsp3) is 0.167. The first kappa shape index (κ1) is 9.03. The molecule has 72 valence electrons. The zero-order valence-corrected chi connectivity index (χ0v) is 7.99. The number of rotatable bonds is 4. The largest absolute Gasteiger partial charge is 0.460 e. The van der Waals surface area contributed by atoms with Gasteiger partial charge in [-0.05, 0) is 12.1 Å². The molecule has 1 N–H and O–H groups in total. The van der Waals surface area contributed by atoms with Gasteiger partial charge in [-0.2, -0.15) is 0 Å². The van der Waals surface area contributed by atoms with E-state index in [2.05, 4.69) is 24.0 Å². The van der Waals surface area contributed by atoms with Crippen molar-refractivity contribution in [2.75, 3.05) is 6.54 Å². The Morgan fingerprint density at radius 2 is 2.21 bits per heavy atom. The molecule has 0 spiro atoms. The molecule has 1 aromatic heterocycles. The molecule has 1 heterocycles. The Labute approximate surface area is 83.2 Å². The summed E-state index contributed by atoms with van der Waals surface area (Å²) in [6.45, 7) is 5.19. The second kappa shape index (κ2) is 4.11. The fourth-order valence-corrected chi connectivity index (χ4v) is 1.42. The van der Waals surface area contributed by atoms with Crippen LogP contribution in [0.2, 0.25) is 0 Å². The average molecular weight is 187 g/mol. The molecule has 0 saturated heterocycles. The maximum atomic E-state index is 5.62. The van der Waals surface area contributed by atoms with Gasteiger partial charge in [0.2, 0.25) is 0 Å². The molecule has 0 radical (unpaired) electrons. The van der Waals surface area contributed by atoms with Crippen LogP contribution in [-0.4, -0.2) is 6.54 Å². The van der Waals surface area contributed by atoms with Crippen molar-refractivity contribution in [3.8, 4) is 0 Å². The summed E-state index contributed by atoms with van der Waals surface area (Å²) in [7, 11) is 0. The average Bonchev–Trinajstić information content (AvgIpc) is 2.60. The van der Waals surface area contributed by atoms with E-state index in [4.69, 9.17) is 4.42 Å². The van der Waals surface area contributed by atoms with Crippen molar-refractivity contribution in [3.63, 3.8) is 0 Å². The molecular weight excluding hydrogens is 174 g/mol. The number of hydrogen-bond acceptors (Lipinski definition) is 2. The Hall–Kier alpha value is -1.54. The van der Waals surface area contributed by atoms with E-state index in [-0.39, 0.29) is 0 Å². The third-order valence-electron chi connectivity index (χ3n) is 2.06. The highest BCUT2D eigenvalue weighted by Crippen LogP contribution is 2.18. The lowest BCUT2D eigenvalue weighted by molar-refractivity contribution is 0.524. The summed E-state index contributed by atoms with van der Waals surface area (Å²) in [5.41, 5.74) is 0.947. The predicted octanol–water partition coefficient (Wildman–Crippen LogP) is 2.71. The summed E-state index contributed by atoms with van der Waals surface area (Å²) in [6, 6.07) is 10.1. The molecule has 0 unspecified atom stereocenters. The van der Waals surface area contributed by atoms with E-state index < -0.39 is 0 Å². The molecule has 2 heteroatoms. The highest BCUT2D eigenvalue weighted by atomic mass is 16.3. The summed E-state index contributed by atoms with van der Waals surface area (Å²) in [4.78, 5) is 0. The lowest BCUT2D eigenvalue weighted by atomic mass is 10.2. The Bertz CT molecular complexity index is 398. The van der Waals surface area contributed by atoms with Gasteiger partial charge in [-0.25, -0.2) is 0 Å². The molecule has 0 amide bonds. The standard InChI is InChI=1S/C12H13NO/c1-2-7-13-9-11-8-10-5-3-4-6-12(10)14-11/h2-6,8,13H,1,7,9H2. The van der Waals surface area contributed by atoms with Crippen molar-refractivity contribution in [1.29, 1.82) is 0 Å². The van der Waals surface area contributed by atoms with Crippen LogP contribution in [0.1, 0.15) is 5.76 Å². The molecule has 2 rings (SSSR count). The SMILES string of the molecule is C=CCNCc1cc2ccccc2o1. The van der Waals surface area contributed by atoms with Crippen molar-refractivity contribution in [1.82, 2.24) is 5.32 Å². The molecule has 0 saturated carbocycles. The van der Waals surface area contributed by atoms with Crippen molar-refractivity contribution in [2.24, 2.45) is 0 Å². The molecule has 0 aliphatic rings. The second-order valence-electron chi connectivity index (χ2n) is 3.17. The third-order valence-corrected chi connectivity index (χ3v) is 2.06. The predicted molar refractivity (Wildman–Crippen MR) is 58.1 cm³/mol. The number of para-hydroxylation sites is 1. The quantitative estimate of drug-likeness (QED) is 0.588. The second-order valence-corrected chi connectivity index (χ2v) is 3.17. The van der Waals surface area contributed by atoms with Crippen molar-refractivity contribution in [3.05, 3.63) is 48.7 Å². The molecular formula is C12H13NO. The van der Waals surface area contributed by atoms with Crippen LogP contribution in [0.3, 0.4) is 0 Å². The number of nitrogens with one attached hydrogen (secondary N) is 1. The van der Waals surface area contributed by atoms with Crippen LogP contribution in [0.5, 0.6) is 0 Å². The lowest BCUT2D eigenvalue weighted by Gasteiger charge is -1.95. The van der Waals surface area contributed by atoms with Gasteiger partial charge in [-0.15, -0.1) is 6.58 Å². The summed E-state index contributed by atoms with van der Waals surface area (Å²) in [6.07, 6.45) is 1.84. The molecule has 0 aliphatic heterocycles. The molecule has 0 bridgehead atoms. The molecule has 0 fully saturated rings. The normalized spacial score (nSPS) is 10.6. The van der Waals surface area contributed by atoms with E-state index >= 15 is 0 Å². The third kappa shape index (κ3) is 1.86. The van der Waals surface area contributed by atoms with Crippen molar-refractivity contribution >= 4 is 11.0 Å². The molecule has 2 aromatic rings. The first-order valence-electron chi connectivity index (χ1n) is 4.69. The molecule has 2 nitrogen and oxygen atoms in total. The Morgan fingerprint density at radius 3 is 3.00 bits per heavy atom. The minimum atomic E-state index is 0.751. The number of hydrogen-bond donors (Lipinski definition) is 1. The lowest BCUT2D eigenvalue weighted by Crippen LogP contribution is -2.11. The van der Waals surface area contributed by atoms with Crippen LogP contribution in [0.15, 0.2) is 47.4 Å². The molecule has 14 heavy (non-hydrogen) atoms. The van der Waals surface area contributed by atoms with Crippen LogP contribution in [-0.2, 0) is 6.54 Å². The van der Waals surface area contributed by atoms with Crippen molar-refractivity contribution < 1.29 is 4.42 Å². The van der Waals surface area contributed by atoms with E-state index in [1.807, 2.05) is 24.3 Å². The minimum absolute atomic E-state index is 0.751. The van der Waals surface area contributed by atoms with Gasteiger partial charge >= 0.3 is 0 Å². The van der Waals surface area contributed by atoms with Gasteiger partial charge in [0.1, 0.15) is 11.3 Å². The zero-order valence-electron chi connectivity index (χ0n) is 7.99. The Kier molecular flexibility index (Phi) is 2.65. The van der Waals surface area contributed by atoms with E-state index in [1.54, 1.807) is 0 Å². The first-order valence-corrected chi connectivity index (χ1v) is 4.69. The maximum Gasteiger partial charge on any atom is 0.134 e. The summed E-state index contributed by atoms with van der Waals surface area (Å²) in [5, 5.41) is 4.36. The smallest absolute Gasteiger partial charge is 0.134 e. The highest BCUT2D eigenvalue weighted by molar-refractivity contribution is 5.77. The minimum Gasteiger partial charge on any atom is -0.460 e. The van der Waals surface area contributed by atoms with E-state index in [1.165, 1.54) is 0 Å². The van der Waals surface area contributed by atoms with Gasteiger partial charge in [-0.1, -0.05) is 24.3 Å². The molecule has 0 aliphatic carbocycles. The number of benzene rings is 1. The zero-order chi connectivity index (χ0) is 9.80. The van der Waals surface area contributed by atoms with E-state index in [9.17, 15) is 0 Å². The number of furan rings is 1. The van der Waals surface area contributed by atoms with Crippen molar-refractivity contribution in [2.45, 2.75) is 6.54 Å². The van der Waals surface area contributed by atoms with Gasteiger partial charge in [0.25, 0.3) is 0 Å². The van der Waals surface area contributed by atoms with Crippen LogP contribution < -0.4 is 5.32 Å². The highest BCUT2D eigenvalue weighted by Gasteiger charge is 2.00. The Morgan fingerprint density at radius 1 is 1.36 bits per heavy atom. The molecule has 0 atom stereocenters. The Balaban J connectivity index is 2.14. The maximum absolute atomic E-state index is 5.62. The van der Waals surface area contributed by atoms with Gasteiger partial charge < -0.3 is 9.73 Å². The summed E-state index contributed by atoms with van der Waals surface area (Å²) in [5.74, 6) is 0.966. The van der Waals surface area contributed by atoms with Crippen LogP contribution in [0.4, 0.5) is 0 Å². The first-order chi connectivity index (χ1) is 6.90. The van der Waals surface area contributed by atoms with Crippen LogP contribution >= 0.6 is 0 Å². The van der Waals surface area contributed by atoms with E-state index in [0.29, 0.717) is 0 Å². The van der Waals surface area contributed by atoms with Gasteiger partial charge in [-0.3, -0.25) is 0 Å². The molecule has 1 aromatic carbocycles.